The largest absolute Gasteiger partial charge is 0.339 e. The standard InChI is InChI=1S/C16H24N4O2/c1-12-18-15(22-19-12)10-14-5-3-9-20(11-14)16(21)17-8-2-4-13-6-7-13/h2,4,13-14H,3,5-11H2,1H3,(H,17,21). The molecule has 1 aromatic rings. The number of aryl methyl sites for hydroxylation is 1. The Bertz CT molecular complexity index is 536. The second-order valence-electron chi connectivity index (χ2n) is 6.35. The first-order valence-electron chi connectivity index (χ1n) is 8.19. The molecule has 0 aromatic carbocycles. The van der Waals surface area contributed by atoms with E-state index in [1.54, 1.807) is 0 Å². The fourth-order valence-corrected chi connectivity index (χ4v) is 2.89. The highest BCUT2D eigenvalue weighted by Gasteiger charge is 2.25. The Balaban J connectivity index is 1.43. The molecular weight excluding hydrogens is 280 g/mol. The van der Waals surface area contributed by atoms with Crippen molar-refractivity contribution < 1.29 is 9.32 Å². The second-order valence-corrected chi connectivity index (χ2v) is 6.35. The molecule has 6 nitrogen and oxygen atoms in total. The average Bonchev–Trinajstić information content (AvgIpc) is 3.26. The van der Waals surface area contributed by atoms with Crippen molar-refractivity contribution in [1.29, 1.82) is 0 Å². The monoisotopic (exact) mass is 304 g/mol. The molecule has 1 aromatic heterocycles. The van der Waals surface area contributed by atoms with Gasteiger partial charge in [0.15, 0.2) is 5.82 Å². The molecule has 2 amide bonds. The lowest BCUT2D eigenvalue weighted by atomic mass is 9.95. The van der Waals surface area contributed by atoms with Crippen molar-refractivity contribution in [3.63, 3.8) is 0 Å². The van der Waals surface area contributed by atoms with Crippen LogP contribution >= 0.6 is 0 Å². The fourth-order valence-electron chi connectivity index (χ4n) is 2.89. The summed E-state index contributed by atoms with van der Waals surface area (Å²) in [4.78, 5) is 18.3. The number of allylic oxidation sites excluding steroid dienone is 1. The highest BCUT2D eigenvalue weighted by Crippen LogP contribution is 2.29. The molecular formula is C16H24N4O2. The van der Waals surface area contributed by atoms with Gasteiger partial charge in [-0.1, -0.05) is 17.3 Å². The van der Waals surface area contributed by atoms with E-state index in [-0.39, 0.29) is 6.03 Å². The molecule has 2 aliphatic rings. The minimum Gasteiger partial charge on any atom is -0.339 e. The molecule has 3 rings (SSSR count). The normalized spacial score (nSPS) is 22.2. The van der Waals surface area contributed by atoms with Gasteiger partial charge in [-0.2, -0.15) is 4.98 Å². The lowest BCUT2D eigenvalue weighted by Gasteiger charge is -2.32. The number of hydrogen-bond donors (Lipinski definition) is 1. The van der Waals surface area contributed by atoms with Crippen LogP contribution in [0.15, 0.2) is 16.7 Å². The smallest absolute Gasteiger partial charge is 0.317 e. The Kier molecular flexibility index (Phi) is 4.75. The van der Waals surface area contributed by atoms with Crippen LogP contribution in [-0.4, -0.2) is 40.7 Å². The van der Waals surface area contributed by atoms with Crippen molar-refractivity contribution in [2.75, 3.05) is 19.6 Å². The molecule has 1 aliphatic heterocycles. The fraction of sp³-hybridized carbons (Fsp3) is 0.688. The molecule has 1 atom stereocenters. The van der Waals surface area contributed by atoms with E-state index in [9.17, 15) is 4.79 Å². The summed E-state index contributed by atoms with van der Waals surface area (Å²) in [6.07, 6.45) is 9.76. The van der Waals surface area contributed by atoms with Gasteiger partial charge in [0.1, 0.15) is 0 Å². The van der Waals surface area contributed by atoms with Crippen LogP contribution in [0.4, 0.5) is 4.79 Å². The number of piperidine rings is 1. The molecule has 1 aliphatic carbocycles. The molecule has 6 heteroatoms. The van der Waals surface area contributed by atoms with E-state index in [1.807, 2.05) is 11.8 Å². The maximum Gasteiger partial charge on any atom is 0.317 e. The molecule has 120 valence electrons. The third-order valence-corrected chi connectivity index (χ3v) is 4.24. The third kappa shape index (κ3) is 4.32. The molecule has 1 unspecified atom stereocenters. The number of nitrogens with one attached hydrogen (secondary N) is 1. The van der Waals surface area contributed by atoms with Crippen molar-refractivity contribution >= 4 is 6.03 Å². The van der Waals surface area contributed by atoms with Gasteiger partial charge in [-0.3, -0.25) is 0 Å². The van der Waals surface area contributed by atoms with E-state index in [1.165, 1.54) is 12.8 Å². The van der Waals surface area contributed by atoms with Gasteiger partial charge in [0.25, 0.3) is 0 Å². The molecule has 2 fully saturated rings. The van der Waals surface area contributed by atoms with Gasteiger partial charge in [0.2, 0.25) is 5.89 Å². The van der Waals surface area contributed by atoms with Crippen LogP contribution in [0.1, 0.15) is 37.4 Å². The Hall–Kier alpha value is -1.85. The minimum absolute atomic E-state index is 0.0341. The van der Waals surface area contributed by atoms with Crippen LogP contribution in [0.5, 0.6) is 0 Å². The van der Waals surface area contributed by atoms with E-state index >= 15 is 0 Å². The maximum atomic E-state index is 12.2. The Morgan fingerprint density at radius 3 is 3.05 bits per heavy atom. The summed E-state index contributed by atoms with van der Waals surface area (Å²) in [7, 11) is 0. The molecule has 22 heavy (non-hydrogen) atoms. The van der Waals surface area contributed by atoms with Crippen LogP contribution < -0.4 is 5.32 Å². The zero-order valence-corrected chi connectivity index (χ0v) is 13.1. The quantitative estimate of drug-likeness (QED) is 0.847. The number of nitrogens with zero attached hydrogens (tertiary/aromatic N) is 3. The predicted molar refractivity (Wildman–Crippen MR) is 82.3 cm³/mol. The zero-order valence-electron chi connectivity index (χ0n) is 13.1. The molecule has 1 saturated heterocycles. The summed E-state index contributed by atoms with van der Waals surface area (Å²) in [6, 6.07) is 0.0341. The SMILES string of the molecule is Cc1noc(CC2CCCN(C(=O)NCC=CC3CC3)C2)n1. The minimum atomic E-state index is 0.0341. The summed E-state index contributed by atoms with van der Waals surface area (Å²) in [6.45, 7) is 4.04. The number of aromatic nitrogens is 2. The molecule has 0 radical (unpaired) electrons. The van der Waals surface area contributed by atoms with Crippen LogP contribution in [-0.2, 0) is 6.42 Å². The summed E-state index contributed by atoms with van der Waals surface area (Å²) in [5.74, 6) is 2.51. The van der Waals surface area contributed by atoms with Crippen LogP contribution in [0.3, 0.4) is 0 Å². The van der Waals surface area contributed by atoms with E-state index in [0.717, 1.165) is 38.3 Å². The number of rotatable bonds is 5. The van der Waals surface area contributed by atoms with E-state index in [0.29, 0.717) is 24.2 Å². The predicted octanol–water partition coefficient (Wildman–Crippen LogP) is 2.31. The van der Waals surface area contributed by atoms with Crippen molar-refractivity contribution in [2.24, 2.45) is 11.8 Å². The van der Waals surface area contributed by atoms with Crippen LogP contribution in [0.25, 0.3) is 0 Å². The van der Waals surface area contributed by atoms with Crippen LogP contribution in [0, 0.1) is 18.8 Å². The van der Waals surface area contributed by atoms with Gasteiger partial charge in [0, 0.05) is 26.1 Å². The second kappa shape index (κ2) is 6.94. The van der Waals surface area contributed by atoms with Crippen molar-refractivity contribution in [3.8, 4) is 0 Å². The van der Waals surface area contributed by atoms with Crippen molar-refractivity contribution in [1.82, 2.24) is 20.4 Å². The van der Waals surface area contributed by atoms with Crippen molar-refractivity contribution in [2.45, 2.75) is 39.0 Å². The molecule has 0 bridgehead atoms. The number of hydrogen-bond acceptors (Lipinski definition) is 4. The first-order valence-corrected chi connectivity index (χ1v) is 8.19. The molecule has 0 spiro atoms. The van der Waals surface area contributed by atoms with Gasteiger partial charge < -0.3 is 14.7 Å². The summed E-state index contributed by atoms with van der Waals surface area (Å²) in [5, 5.41) is 6.79. The first-order chi connectivity index (χ1) is 10.7. The number of amides is 2. The highest BCUT2D eigenvalue weighted by atomic mass is 16.5. The first kappa shape index (κ1) is 15.1. The number of carbonyl (C=O) groups excluding carboxylic acids is 1. The molecule has 2 heterocycles. The van der Waals surface area contributed by atoms with Gasteiger partial charge in [0.05, 0.1) is 0 Å². The van der Waals surface area contributed by atoms with Gasteiger partial charge in [-0.15, -0.1) is 0 Å². The highest BCUT2D eigenvalue weighted by molar-refractivity contribution is 5.74. The van der Waals surface area contributed by atoms with Crippen molar-refractivity contribution in [3.05, 3.63) is 23.9 Å². The Morgan fingerprint density at radius 2 is 2.32 bits per heavy atom. The van der Waals surface area contributed by atoms with Gasteiger partial charge >= 0.3 is 6.03 Å². The molecule has 1 saturated carbocycles. The maximum absolute atomic E-state index is 12.2. The third-order valence-electron chi connectivity index (χ3n) is 4.24. The zero-order chi connectivity index (χ0) is 15.4. The lowest BCUT2D eigenvalue weighted by Crippen LogP contribution is -2.45. The summed E-state index contributed by atoms with van der Waals surface area (Å²) in [5.41, 5.74) is 0. The number of carbonyl (C=O) groups is 1. The van der Waals surface area contributed by atoms with E-state index in [2.05, 4.69) is 27.6 Å². The summed E-state index contributed by atoms with van der Waals surface area (Å²) >= 11 is 0. The van der Waals surface area contributed by atoms with Crippen LogP contribution in [0.2, 0.25) is 0 Å². The Morgan fingerprint density at radius 1 is 1.45 bits per heavy atom. The van der Waals surface area contributed by atoms with E-state index in [4.69, 9.17) is 4.52 Å². The topological polar surface area (TPSA) is 71.3 Å². The van der Waals surface area contributed by atoms with Gasteiger partial charge in [-0.05, 0) is 44.4 Å². The average molecular weight is 304 g/mol. The summed E-state index contributed by atoms with van der Waals surface area (Å²) < 4.78 is 5.18. The molecule has 1 N–H and O–H groups in total. The number of likely N-dealkylation sites (tertiary alicyclic amines) is 1. The lowest BCUT2D eigenvalue weighted by molar-refractivity contribution is 0.162. The number of urea groups is 1. The Labute approximate surface area is 130 Å². The van der Waals surface area contributed by atoms with E-state index < -0.39 is 0 Å². The van der Waals surface area contributed by atoms with Gasteiger partial charge in [-0.25, -0.2) is 4.79 Å².